The topological polar surface area (TPSA) is 87.6 Å². The van der Waals surface area contributed by atoms with Crippen LogP contribution in [0.25, 0.3) is 0 Å². The summed E-state index contributed by atoms with van der Waals surface area (Å²) in [7, 11) is 0. The molecule has 34 heavy (non-hydrogen) atoms. The Labute approximate surface area is 201 Å². The summed E-state index contributed by atoms with van der Waals surface area (Å²) in [5.41, 5.74) is 4.34. The van der Waals surface area contributed by atoms with E-state index in [-0.39, 0.29) is 11.5 Å². The summed E-state index contributed by atoms with van der Waals surface area (Å²) < 4.78 is 6.03. The van der Waals surface area contributed by atoms with Gasteiger partial charge in [-0.15, -0.1) is 0 Å². The van der Waals surface area contributed by atoms with Gasteiger partial charge in [0.2, 0.25) is 0 Å². The number of nitrogens with one attached hydrogen (secondary N) is 1. The van der Waals surface area contributed by atoms with E-state index in [1.54, 1.807) is 6.20 Å². The van der Waals surface area contributed by atoms with Gasteiger partial charge in [-0.2, -0.15) is 0 Å². The molecule has 7 heteroatoms. The zero-order valence-electron chi connectivity index (χ0n) is 20.1. The van der Waals surface area contributed by atoms with Crippen molar-refractivity contribution in [3.8, 4) is 0 Å². The fraction of sp³-hybridized carbons (Fsp3) is 0.593. The van der Waals surface area contributed by atoms with E-state index in [1.165, 1.54) is 17.7 Å². The molecule has 4 heterocycles. The molecule has 2 N–H and O–H groups in total. The van der Waals surface area contributed by atoms with Crippen LogP contribution in [0.4, 0.5) is 5.82 Å². The molecule has 3 aliphatic rings. The maximum Gasteiger partial charge on any atom is 0.325 e. The fourth-order valence-corrected chi connectivity index (χ4v) is 5.18. The monoisotopic (exact) mass is 464 g/mol. The molecule has 0 amide bonds. The summed E-state index contributed by atoms with van der Waals surface area (Å²) >= 11 is 0. The number of aromatic nitrogens is 2. The van der Waals surface area contributed by atoms with Crippen LogP contribution in [-0.4, -0.2) is 58.3 Å². The van der Waals surface area contributed by atoms with E-state index in [2.05, 4.69) is 29.4 Å². The minimum Gasteiger partial charge on any atom is -0.480 e. The Morgan fingerprint density at radius 3 is 2.91 bits per heavy atom. The first-order valence-corrected chi connectivity index (χ1v) is 12.8. The molecule has 1 aliphatic carbocycles. The maximum absolute atomic E-state index is 12.1. The van der Waals surface area contributed by atoms with Crippen LogP contribution in [0.5, 0.6) is 0 Å². The highest BCUT2D eigenvalue weighted by molar-refractivity contribution is 5.76. The number of pyridine rings is 2. The van der Waals surface area contributed by atoms with Gasteiger partial charge >= 0.3 is 5.97 Å². The minimum absolute atomic E-state index is 0.0379. The molecule has 2 aliphatic heterocycles. The highest BCUT2D eigenvalue weighted by Crippen LogP contribution is 2.49. The number of anilines is 1. The number of carboxylic acid groups (broad SMARTS) is 1. The predicted molar refractivity (Wildman–Crippen MR) is 131 cm³/mol. The van der Waals surface area contributed by atoms with E-state index in [4.69, 9.17) is 9.72 Å². The lowest BCUT2D eigenvalue weighted by Gasteiger charge is -2.43. The number of fused-ring (bicyclic) bond motifs is 1. The lowest BCUT2D eigenvalue weighted by atomic mass is 9.92. The Bertz CT molecular complexity index is 1020. The first-order chi connectivity index (χ1) is 16.5. The first-order valence-electron chi connectivity index (χ1n) is 12.8. The molecule has 5 rings (SSSR count). The number of rotatable bonds is 11. The van der Waals surface area contributed by atoms with Crippen LogP contribution in [0.3, 0.4) is 0 Å². The summed E-state index contributed by atoms with van der Waals surface area (Å²) in [6, 6.07) is 7.54. The van der Waals surface area contributed by atoms with Crippen LogP contribution in [-0.2, 0) is 27.8 Å². The van der Waals surface area contributed by atoms with Crippen molar-refractivity contribution in [3.63, 3.8) is 0 Å². The predicted octanol–water partition coefficient (Wildman–Crippen LogP) is 4.13. The molecule has 182 valence electrons. The number of likely N-dealkylation sites (tertiary alicyclic amines) is 1. The number of hydrogen-bond donors (Lipinski definition) is 2. The zero-order valence-corrected chi connectivity index (χ0v) is 20.1. The van der Waals surface area contributed by atoms with E-state index in [1.807, 2.05) is 17.0 Å². The second-order valence-electron chi connectivity index (χ2n) is 10.3. The number of aryl methyl sites for hydroxylation is 2. The van der Waals surface area contributed by atoms with Crippen LogP contribution < -0.4 is 5.32 Å². The van der Waals surface area contributed by atoms with Gasteiger partial charge in [0.15, 0.2) is 0 Å². The van der Waals surface area contributed by atoms with Crippen LogP contribution in [0.1, 0.15) is 74.0 Å². The Kier molecular flexibility index (Phi) is 6.84. The number of ether oxygens (including phenoxy) is 1. The quantitative estimate of drug-likeness (QED) is 0.484. The Morgan fingerprint density at radius 2 is 2.12 bits per heavy atom. The molecule has 1 saturated heterocycles. The third-order valence-electron chi connectivity index (χ3n) is 7.56. The summed E-state index contributed by atoms with van der Waals surface area (Å²) in [4.78, 5) is 23.5. The molecule has 0 bridgehead atoms. The third kappa shape index (κ3) is 5.10. The fourth-order valence-electron chi connectivity index (χ4n) is 5.18. The Morgan fingerprint density at radius 1 is 1.26 bits per heavy atom. The number of carboxylic acids is 1. The number of hydrogen-bond acceptors (Lipinski definition) is 6. The summed E-state index contributed by atoms with van der Waals surface area (Å²) in [5, 5.41) is 13.4. The third-order valence-corrected chi connectivity index (χ3v) is 7.56. The van der Waals surface area contributed by atoms with Crippen molar-refractivity contribution in [2.75, 3.05) is 31.6 Å². The molecule has 1 unspecified atom stereocenters. The summed E-state index contributed by atoms with van der Waals surface area (Å²) in [5.74, 6) is 0.272. The van der Waals surface area contributed by atoms with Gasteiger partial charge in [-0.05, 0) is 62.6 Å². The van der Waals surface area contributed by atoms with Gasteiger partial charge in [0.25, 0.3) is 0 Å². The van der Waals surface area contributed by atoms with Gasteiger partial charge in [0.05, 0.1) is 11.8 Å². The Balaban J connectivity index is 1.03. The standard InChI is InChI=1S/C27H36N4O3/c1-27(12-13-27)24-22(9-6-14-28-24)23(26(32)33)31-17-21(18-31)34-16-4-2-3-8-20-11-10-19-7-5-15-29-25(19)30-20/h6,9-11,14,21,23H,2-5,7-8,12-13,15-18H2,1H3,(H,29,30)(H,32,33). The van der Waals surface area contributed by atoms with E-state index in [9.17, 15) is 9.90 Å². The normalized spacial score (nSPS) is 20.1. The van der Waals surface area contributed by atoms with Gasteiger partial charge in [-0.3, -0.25) is 14.7 Å². The molecule has 1 atom stereocenters. The molecule has 0 aromatic carbocycles. The molecule has 7 nitrogen and oxygen atoms in total. The van der Waals surface area contributed by atoms with E-state index in [0.29, 0.717) is 13.1 Å². The average Bonchev–Trinajstić information content (AvgIpc) is 3.57. The van der Waals surface area contributed by atoms with Crippen molar-refractivity contribution in [1.82, 2.24) is 14.9 Å². The van der Waals surface area contributed by atoms with E-state index >= 15 is 0 Å². The van der Waals surface area contributed by atoms with Crippen LogP contribution in [0.15, 0.2) is 30.5 Å². The number of nitrogens with zero attached hydrogens (tertiary/aromatic N) is 3. The van der Waals surface area contributed by atoms with Crippen molar-refractivity contribution in [1.29, 1.82) is 0 Å². The van der Waals surface area contributed by atoms with E-state index < -0.39 is 12.0 Å². The lowest BCUT2D eigenvalue weighted by molar-refractivity contribution is -0.151. The molecule has 0 spiro atoms. The SMILES string of the molecule is CC1(c2ncccc2C(C(=O)O)N2CC(OCCCCCc3ccc4c(n3)NCCC4)C2)CC1. The highest BCUT2D eigenvalue weighted by Gasteiger charge is 2.46. The number of carbonyl (C=O) groups is 1. The molecule has 0 radical (unpaired) electrons. The van der Waals surface area contributed by atoms with E-state index in [0.717, 1.165) is 75.2 Å². The van der Waals surface area contributed by atoms with Gasteiger partial charge in [-0.25, -0.2) is 4.98 Å². The van der Waals surface area contributed by atoms with Gasteiger partial charge in [0, 0.05) is 49.1 Å². The maximum atomic E-state index is 12.1. The lowest BCUT2D eigenvalue weighted by Crippen LogP contribution is -2.55. The number of unbranched alkanes of at least 4 members (excludes halogenated alkanes) is 2. The largest absolute Gasteiger partial charge is 0.480 e. The number of aliphatic carboxylic acids is 1. The zero-order chi connectivity index (χ0) is 23.5. The molecule has 2 aromatic rings. The van der Waals surface area contributed by atoms with Crippen molar-refractivity contribution >= 4 is 11.8 Å². The summed E-state index contributed by atoms with van der Waals surface area (Å²) in [6.45, 7) is 5.25. The Hall–Kier alpha value is -2.51. The molecule has 2 fully saturated rings. The first kappa shape index (κ1) is 23.2. The van der Waals surface area contributed by atoms with Crippen molar-refractivity contribution < 1.29 is 14.6 Å². The smallest absolute Gasteiger partial charge is 0.325 e. The van der Waals surface area contributed by atoms with Gasteiger partial charge in [-0.1, -0.05) is 25.5 Å². The molecular formula is C27H36N4O3. The molecular weight excluding hydrogens is 428 g/mol. The molecule has 2 aromatic heterocycles. The van der Waals surface area contributed by atoms with Crippen molar-refractivity contribution in [2.45, 2.75) is 75.9 Å². The van der Waals surface area contributed by atoms with Crippen LogP contribution in [0.2, 0.25) is 0 Å². The molecule has 1 saturated carbocycles. The average molecular weight is 465 g/mol. The second-order valence-corrected chi connectivity index (χ2v) is 10.3. The summed E-state index contributed by atoms with van der Waals surface area (Å²) in [6.07, 6.45) is 10.6. The highest BCUT2D eigenvalue weighted by atomic mass is 16.5. The van der Waals surface area contributed by atoms with Crippen molar-refractivity contribution in [2.24, 2.45) is 0 Å². The second kappa shape index (κ2) is 10.0. The van der Waals surface area contributed by atoms with Crippen LogP contribution >= 0.6 is 0 Å². The van der Waals surface area contributed by atoms with Crippen LogP contribution in [0, 0.1) is 0 Å². The van der Waals surface area contributed by atoms with Gasteiger partial charge < -0.3 is 15.2 Å². The van der Waals surface area contributed by atoms with Gasteiger partial charge in [0.1, 0.15) is 11.9 Å². The minimum atomic E-state index is -0.803. The van der Waals surface area contributed by atoms with Crippen molar-refractivity contribution in [3.05, 3.63) is 53.0 Å².